The highest BCUT2D eigenvalue weighted by Gasteiger charge is 2.41. The van der Waals surface area contributed by atoms with Crippen LogP contribution in [0.4, 0.5) is 0 Å². The molecule has 0 spiro atoms. The molecule has 0 saturated carbocycles. The number of nitrogens with one attached hydrogen (secondary N) is 1. The van der Waals surface area contributed by atoms with Gasteiger partial charge in [-0.2, -0.15) is 5.10 Å². The van der Waals surface area contributed by atoms with Crippen molar-refractivity contribution < 1.29 is 14.3 Å². The zero-order valence-corrected chi connectivity index (χ0v) is 20.4. The monoisotopic (exact) mass is 508 g/mol. The number of hydrogen-bond acceptors (Lipinski definition) is 5. The van der Waals surface area contributed by atoms with Gasteiger partial charge in [0.25, 0.3) is 5.91 Å². The van der Waals surface area contributed by atoms with Crippen molar-refractivity contribution in [1.29, 1.82) is 0 Å². The van der Waals surface area contributed by atoms with Crippen molar-refractivity contribution in [2.24, 2.45) is 0 Å². The predicted octanol–water partition coefficient (Wildman–Crippen LogP) is 4.87. The number of halogens is 3. The number of amides is 1. The van der Waals surface area contributed by atoms with Crippen LogP contribution in [0.25, 0.3) is 16.9 Å². The van der Waals surface area contributed by atoms with Gasteiger partial charge in [0.2, 0.25) is 0 Å². The number of para-hydroxylation sites is 1. The number of rotatable bonds is 3. The molecule has 3 heterocycles. The normalized spacial score (nSPS) is 16.7. The van der Waals surface area contributed by atoms with Crippen LogP contribution in [0, 0.1) is 0 Å². The molecule has 33 heavy (non-hydrogen) atoms. The van der Waals surface area contributed by atoms with Gasteiger partial charge in [-0.15, -0.1) is 12.4 Å². The van der Waals surface area contributed by atoms with Crippen LogP contribution in [0.3, 0.4) is 0 Å². The first kappa shape index (κ1) is 23.9. The summed E-state index contributed by atoms with van der Waals surface area (Å²) >= 11 is 12.7. The van der Waals surface area contributed by atoms with Gasteiger partial charge in [0, 0.05) is 23.7 Å². The van der Waals surface area contributed by atoms with E-state index < -0.39 is 5.60 Å². The fourth-order valence-electron chi connectivity index (χ4n) is 4.17. The van der Waals surface area contributed by atoms with Gasteiger partial charge < -0.3 is 9.47 Å². The van der Waals surface area contributed by atoms with E-state index in [9.17, 15) is 4.79 Å². The number of hydrogen-bond donors (Lipinski definition) is 1. The lowest BCUT2D eigenvalue weighted by atomic mass is 9.89. The van der Waals surface area contributed by atoms with Crippen molar-refractivity contribution in [3.8, 4) is 22.7 Å². The first-order valence-corrected chi connectivity index (χ1v) is 11.1. The lowest BCUT2D eigenvalue weighted by Crippen LogP contribution is -2.49. The minimum Gasteiger partial charge on any atom is -0.482 e. The Labute approximate surface area is 207 Å². The van der Waals surface area contributed by atoms with E-state index in [0.717, 1.165) is 17.0 Å². The molecule has 1 amide bonds. The highest BCUT2D eigenvalue weighted by Crippen LogP contribution is 2.47. The maximum Gasteiger partial charge on any atom is 0.286 e. The topological polar surface area (TPSA) is 68.6 Å². The van der Waals surface area contributed by atoms with Gasteiger partial charge in [-0.1, -0.05) is 35.3 Å². The summed E-state index contributed by atoms with van der Waals surface area (Å²) in [5, 5.41) is 7.55. The minimum atomic E-state index is -0.793. The summed E-state index contributed by atoms with van der Waals surface area (Å²) in [6, 6.07) is 12.9. The molecular formula is C23H23Cl3N4O3. The quantitative estimate of drug-likeness (QED) is 0.545. The van der Waals surface area contributed by atoms with Crippen LogP contribution in [-0.4, -0.2) is 47.0 Å². The zero-order chi connectivity index (χ0) is 22.5. The maximum atomic E-state index is 13.4. The third kappa shape index (κ3) is 4.32. The summed E-state index contributed by atoms with van der Waals surface area (Å²) in [4.78, 5) is 13.4. The fourth-order valence-corrected chi connectivity index (χ4v) is 4.66. The summed E-state index contributed by atoms with van der Waals surface area (Å²) in [6.07, 6.45) is 0. The van der Waals surface area contributed by atoms with Gasteiger partial charge in [0.15, 0.2) is 5.69 Å². The number of carbonyl (C=O) groups is 1. The zero-order valence-electron chi connectivity index (χ0n) is 18.1. The van der Waals surface area contributed by atoms with Crippen LogP contribution < -0.4 is 10.2 Å². The lowest BCUT2D eigenvalue weighted by molar-refractivity contribution is 0.0122. The molecule has 0 unspecified atom stereocenters. The van der Waals surface area contributed by atoms with Crippen molar-refractivity contribution in [3.05, 3.63) is 63.8 Å². The Morgan fingerprint density at radius 1 is 1.12 bits per heavy atom. The Hall–Kier alpha value is -2.29. The van der Waals surface area contributed by atoms with Crippen LogP contribution in [0.5, 0.6) is 5.75 Å². The molecule has 1 saturated heterocycles. The Morgan fingerprint density at radius 3 is 2.58 bits per heavy atom. The van der Waals surface area contributed by atoms with Gasteiger partial charge in [-0.25, -0.2) is 9.69 Å². The SMILES string of the molecule is CC1(C)Oc2ccccc2-c2c1c(C(=O)NN1CCOCC1)nn2-c1ccc(Cl)cc1Cl.Cl. The van der Waals surface area contributed by atoms with Gasteiger partial charge >= 0.3 is 0 Å². The molecule has 3 aromatic rings. The van der Waals surface area contributed by atoms with Crippen molar-refractivity contribution in [3.63, 3.8) is 0 Å². The van der Waals surface area contributed by atoms with Crippen molar-refractivity contribution in [2.75, 3.05) is 26.3 Å². The second-order valence-electron chi connectivity index (χ2n) is 8.23. The van der Waals surface area contributed by atoms with Gasteiger partial charge in [-0.3, -0.25) is 10.2 Å². The number of hydrazine groups is 1. The van der Waals surface area contributed by atoms with Crippen molar-refractivity contribution >= 4 is 41.5 Å². The Morgan fingerprint density at radius 2 is 1.85 bits per heavy atom. The average molecular weight is 510 g/mol. The first-order valence-electron chi connectivity index (χ1n) is 10.4. The van der Waals surface area contributed by atoms with Crippen LogP contribution in [0.15, 0.2) is 42.5 Å². The van der Waals surface area contributed by atoms with E-state index in [1.54, 1.807) is 22.9 Å². The smallest absolute Gasteiger partial charge is 0.286 e. The van der Waals surface area contributed by atoms with E-state index in [4.69, 9.17) is 37.8 Å². The molecular weight excluding hydrogens is 487 g/mol. The molecule has 0 atom stereocenters. The maximum absolute atomic E-state index is 13.4. The number of nitrogens with zero attached hydrogens (tertiary/aromatic N) is 3. The van der Waals surface area contributed by atoms with Crippen LogP contribution >= 0.6 is 35.6 Å². The largest absolute Gasteiger partial charge is 0.482 e. The average Bonchev–Trinajstić information content (AvgIpc) is 3.16. The molecule has 0 radical (unpaired) electrons. The summed E-state index contributed by atoms with van der Waals surface area (Å²) in [5.41, 5.74) is 5.40. The second kappa shape index (κ2) is 9.16. The number of aromatic nitrogens is 2. The van der Waals surface area contributed by atoms with E-state index in [0.29, 0.717) is 47.6 Å². The van der Waals surface area contributed by atoms with Gasteiger partial charge in [-0.05, 0) is 44.2 Å². The van der Waals surface area contributed by atoms with Gasteiger partial charge in [0.05, 0.1) is 35.2 Å². The molecule has 1 aromatic heterocycles. The highest BCUT2D eigenvalue weighted by molar-refractivity contribution is 6.35. The Kier molecular flexibility index (Phi) is 6.62. The molecule has 1 fully saturated rings. The lowest BCUT2D eigenvalue weighted by Gasteiger charge is -2.34. The number of morpholine rings is 1. The van der Waals surface area contributed by atoms with E-state index in [1.807, 2.05) is 43.1 Å². The summed E-state index contributed by atoms with van der Waals surface area (Å²) < 4.78 is 13.4. The number of ether oxygens (including phenoxy) is 2. The van der Waals surface area contributed by atoms with E-state index >= 15 is 0 Å². The Balaban J connectivity index is 0.00000259. The molecule has 0 aliphatic carbocycles. The first-order chi connectivity index (χ1) is 15.3. The van der Waals surface area contributed by atoms with E-state index in [2.05, 4.69) is 5.43 Å². The third-order valence-electron chi connectivity index (χ3n) is 5.62. The van der Waals surface area contributed by atoms with Crippen molar-refractivity contribution in [1.82, 2.24) is 20.2 Å². The molecule has 2 aromatic carbocycles. The van der Waals surface area contributed by atoms with Crippen molar-refractivity contribution in [2.45, 2.75) is 19.4 Å². The predicted molar refractivity (Wildman–Crippen MR) is 130 cm³/mol. The Bertz CT molecular complexity index is 1210. The highest BCUT2D eigenvalue weighted by atomic mass is 35.5. The van der Waals surface area contributed by atoms with Crippen LogP contribution in [0.2, 0.25) is 10.0 Å². The van der Waals surface area contributed by atoms with E-state index in [1.165, 1.54) is 0 Å². The number of benzene rings is 2. The molecule has 174 valence electrons. The summed E-state index contributed by atoms with van der Waals surface area (Å²) in [5.74, 6) is 0.416. The van der Waals surface area contributed by atoms with Gasteiger partial charge in [0.1, 0.15) is 11.4 Å². The molecule has 10 heteroatoms. The second-order valence-corrected chi connectivity index (χ2v) is 9.07. The molecule has 0 bridgehead atoms. The van der Waals surface area contributed by atoms with Crippen LogP contribution in [0.1, 0.15) is 29.9 Å². The van der Waals surface area contributed by atoms with E-state index in [-0.39, 0.29) is 24.0 Å². The number of carbonyl (C=O) groups excluding carboxylic acids is 1. The summed E-state index contributed by atoms with van der Waals surface area (Å²) in [6.45, 7) is 6.22. The third-order valence-corrected chi connectivity index (χ3v) is 6.16. The summed E-state index contributed by atoms with van der Waals surface area (Å²) in [7, 11) is 0. The molecule has 2 aliphatic rings. The molecule has 5 rings (SSSR count). The molecule has 7 nitrogen and oxygen atoms in total. The van der Waals surface area contributed by atoms with Crippen LogP contribution in [-0.2, 0) is 10.3 Å². The molecule has 2 aliphatic heterocycles. The fraction of sp³-hybridized carbons (Fsp3) is 0.304. The minimum absolute atomic E-state index is 0. The molecule has 1 N–H and O–H groups in total. The number of fused-ring (bicyclic) bond motifs is 3. The standard InChI is InChI=1S/C23H22Cl2N4O3.ClH/c1-23(2)19-20(22(30)27-28-9-11-31-12-10-28)26-29(17-8-7-14(24)13-16(17)25)21(19)15-5-3-4-6-18(15)32-23;/h3-8,13H,9-12H2,1-2H3,(H,27,30);1H.